The Bertz CT molecular complexity index is 954. The number of carbonyl (C=O) groups is 2. The van der Waals surface area contributed by atoms with Crippen LogP contribution in [-0.4, -0.2) is 36.9 Å². The molecule has 25 heavy (non-hydrogen) atoms. The van der Waals surface area contributed by atoms with Crippen molar-refractivity contribution in [2.75, 3.05) is 0 Å². The number of hydrogen-bond acceptors (Lipinski definition) is 6. The first-order chi connectivity index (χ1) is 12.0. The first-order valence-corrected chi connectivity index (χ1v) is 8.77. The van der Waals surface area contributed by atoms with Crippen LogP contribution in [0.1, 0.15) is 20.3 Å². The van der Waals surface area contributed by atoms with Gasteiger partial charge < -0.3 is 10.3 Å². The fourth-order valence-corrected chi connectivity index (χ4v) is 3.33. The summed E-state index contributed by atoms with van der Waals surface area (Å²) < 4.78 is 2.11. The maximum absolute atomic E-state index is 11.8. The fourth-order valence-electron chi connectivity index (χ4n) is 2.62. The van der Waals surface area contributed by atoms with E-state index in [2.05, 4.69) is 32.0 Å². The van der Waals surface area contributed by atoms with Gasteiger partial charge in [-0.15, -0.1) is 10.2 Å². The standard InChI is InChI=1S/C16H18N6O2S/c1-3-8-22-11-7-5-4-6-10(11)12-13(22)18-16(21-20-12)25-9(2)14(23)19-15(17)24/h4-7,9H,3,8H2,1-2H3,(H3,17,19,23,24). The predicted octanol–water partition coefficient (Wildman–Crippen LogP) is 2.06. The Kier molecular flexibility index (Phi) is 4.84. The van der Waals surface area contributed by atoms with E-state index in [1.807, 2.05) is 24.3 Å². The van der Waals surface area contributed by atoms with Crippen LogP contribution in [0.25, 0.3) is 22.1 Å². The molecule has 130 valence electrons. The number of urea groups is 1. The lowest BCUT2D eigenvalue weighted by Gasteiger charge is -2.09. The summed E-state index contributed by atoms with van der Waals surface area (Å²) >= 11 is 1.13. The fraction of sp³-hybridized carbons (Fsp3) is 0.312. The van der Waals surface area contributed by atoms with Crippen molar-refractivity contribution < 1.29 is 9.59 Å². The highest BCUT2D eigenvalue weighted by molar-refractivity contribution is 8.00. The quantitative estimate of drug-likeness (QED) is 0.675. The molecule has 9 heteroatoms. The molecule has 1 atom stereocenters. The molecular formula is C16H18N6O2S. The number of aromatic nitrogens is 4. The number of nitrogens with two attached hydrogens (primary N) is 1. The van der Waals surface area contributed by atoms with Crippen LogP contribution >= 0.6 is 11.8 Å². The number of imide groups is 1. The van der Waals surface area contributed by atoms with Crippen molar-refractivity contribution in [3.63, 3.8) is 0 Å². The number of benzene rings is 1. The molecule has 0 saturated heterocycles. The monoisotopic (exact) mass is 358 g/mol. The van der Waals surface area contributed by atoms with Gasteiger partial charge in [-0.05, 0) is 19.4 Å². The summed E-state index contributed by atoms with van der Waals surface area (Å²) in [6, 6.07) is 7.08. The molecule has 0 spiro atoms. The first-order valence-electron chi connectivity index (χ1n) is 7.90. The van der Waals surface area contributed by atoms with E-state index < -0.39 is 17.2 Å². The SMILES string of the molecule is CCCn1c2ccccc2c2nnc(SC(C)C(=O)NC(N)=O)nc21. The summed E-state index contributed by atoms with van der Waals surface area (Å²) in [4.78, 5) is 27.2. The third-order valence-corrected chi connectivity index (χ3v) is 4.65. The summed E-state index contributed by atoms with van der Waals surface area (Å²) in [5.41, 5.74) is 7.50. The highest BCUT2D eigenvalue weighted by Crippen LogP contribution is 2.28. The third-order valence-electron chi connectivity index (χ3n) is 3.70. The van der Waals surface area contributed by atoms with Crippen LogP contribution in [0.3, 0.4) is 0 Å². The van der Waals surface area contributed by atoms with Crippen LogP contribution in [0.4, 0.5) is 4.79 Å². The molecule has 0 aliphatic rings. The van der Waals surface area contributed by atoms with E-state index in [0.29, 0.717) is 5.16 Å². The second-order valence-corrected chi connectivity index (χ2v) is 6.86. The topological polar surface area (TPSA) is 116 Å². The molecule has 0 aliphatic heterocycles. The van der Waals surface area contributed by atoms with Crippen molar-refractivity contribution in [2.45, 2.75) is 37.2 Å². The van der Waals surface area contributed by atoms with Crippen LogP contribution in [0, 0.1) is 0 Å². The largest absolute Gasteiger partial charge is 0.351 e. The zero-order chi connectivity index (χ0) is 18.0. The number of aryl methyl sites for hydroxylation is 1. The Morgan fingerprint density at radius 3 is 2.80 bits per heavy atom. The lowest BCUT2D eigenvalue weighted by molar-refractivity contribution is -0.119. The summed E-state index contributed by atoms with van der Waals surface area (Å²) in [6.45, 7) is 4.56. The number of nitrogens with zero attached hydrogens (tertiary/aromatic N) is 4. The number of nitrogens with one attached hydrogen (secondary N) is 1. The van der Waals surface area contributed by atoms with Crippen LogP contribution in [0.15, 0.2) is 29.4 Å². The van der Waals surface area contributed by atoms with Gasteiger partial charge >= 0.3 is 6.03 Å². The predicted molar refractivity (Wildman–Crippen MR) is 96.2 cm³/mol. The number of primary amides is 1. The van der Waals surface area contributed by atoms with Crippen molar-refractivity contribution in [1.82, 2.24) is 25.1 Å². The van der Waals surface area contributed by atoms with Crippen molar-refractivity contribution in [3.05, 3.63) is 24.3 Å². The molecule has 8 nitrogen and oxygen atoms in total. The molecule has 0 bridgehead atoms. The molecular weight excluding hydrogens is 340 g/mol. The van der Waals surface area contributed by atoms with Crippen LogP contribution in [0.5, 0.6) is 0 Å². The first kappa shape index (κ1) is 17.2. The van der Waals surface area contributed by atoms with Gasteiger partial charge in [-0.25, -0.2) is 9.78 Å². The Hall–Kier alpha value is -2.68. The van der Waals surface area contributed by atoms with E-state index in [9.17, 15) is 9.59 Å². The molecule has 1 unspecified atom stereocenters. The average molecular weight is 358 g/mol. The van der Waals surface area contributed by atoms with Crippen LogP contribution in [0.2, 0.25) is 0 Å². The Morgan fingerprint density at radius 2 is 2.08 bits per heavy atom. The maximum Gasteiger partial charge on any atom is 0.318 e. The number of carbonyl (C=O) groups excluding carboxylic acids is 2. The van der Waals surface area contributed by atoms with Gasteiger partial charge in [-0.1, -0.05) is 36.9 Å². The third kappa shape index (κ3) is 3.41. The molecule has 0 aliphatic carbocycles. The molecule has 0 radical (unpaired) electrons. The lowest BCUT2D eigenvalue weighted by atomic mass is 10.2. The normalized spacial score (nSPS) is 12.4. The van der Waals surface area contributed by atoms with Crippen molar-refractivity contribution >= 4 is 45.8 Å². The highest BCUT2D eigenvalue weighted by Gasteiger charge is 2.19. The molecule has 2 heterocycles. The molecule has 3 N–H and O–H groups in total. The van der Waals surface area contributed by atoms with Crippen LogP contribution in [-0.2, 0) is 11.3 Å². The summed E-state index contributed by atoms with van der Waals surface area (Å²) in [5, 5.41) is 11.3. The molecule has 0 saturated carbocycles. The number of para-hydroxylation sites is 1. The molecule has 2 aromatic heterocycles. The van der Waals surface area contributed by atoms with E-state index in [-0.39, 0.29) is 0 Å². The molecule has 3 rings (SSSR count). The minimum absolute atomic E-state index is 0.375. The Balaban J connectivity index is 1.99. The van der Waals surface area contributed by atoms with E-state index >= 15 is 0 Å². The van der Waals surface area contributed by atoms with Gasteiger partial charge in [0.15, 0.2) is 5.65 Å². The van der Waals surface area contributed by atoms with Crippen molar-refractivity contribution in [1.29, 1.82) is 0 Å². The van der Waals surface area contributed by atoms with Gasteiger partial charge in [0, 0.05) is 11.9 Å². The molecule has 3 aromatic rings. The average Bonchev–Trinajstić information content (AvgIpc) is 2.88. The summed E-state index contributed by atoms with van der Waals surface area (Å²) in [6.07, 6.45) is 0.956. The number of fused-ring (bicyclic) bond motifs is 3. The van der Waals surface area contributed by atoms with Gasteiger partial charge in [-0.2, -0.15) is 0 Å². The Labute approximate surface area is 148 Å². The van der Waals surface area contributed by atoms with E-state index in [1.165, 1.54) is 0 Å². The smallest absolute Gasteiger partial charge is 0.318 e. The number of rotatable bonds is 5. The number of hydrogen-bond donors (Lipinski definition) is 2. The summed E-state index contributed by atoms with van der Waals surface area (Å²) in [7, 11) is 0. The minimum Gasteiger partial charge on any atom is -0.351 e. The van der Waals surface area contributed by atoms with Gasteiger partial charge in [0.25, 0.3) is 0 Å². The summed E-state index contributed by atoms with van der Waals surface area (Å²) in [5.74, 6) is -0.490. The molecule has 1 aromatic carbocycles. The number of thioether (sulfide) groups is 1. The zero-order valence-electron chi connectivity index (χ0n) is 13.9. The van der Waals surface area contributed by atoms with Gasteiger partial charge in [-0.3, -0.25) is 10.1 Å². The second kappa shape index (κ2) is 7.06. The van der Waals surface area contributed by atoms with Gasteiger partial charge in [0.1, 0.15) is 5.52 Å². The lowest BCUT2D eigenvalue weighted by Crippen LogP contribution is -2.39. The zero-order valence-corrected chi connectivity index (χ0v) is 14.7. The maximum atomic E-state index is 11.8. The highest BCUT2D eigenvalue weighted by atomic mass is 32.2. The van der Waals surface area contributed by atoms with E-state index in [0.717, 1.165) is 46.8 Å². The van der Waals surface area contributed by atoms with Crippen molar-refractivity contribution in [3.8, 4) is 0 Å². The van der Waals surface area contributed by atoms with E-state index in [4.69, 9.17) is 5.73 Å². The number of amides is 3. The van der Waals surface area contributed by atoms with Gasteiger partial charge in [0.2, 0.25) is 11.1 Å². The second-order valence-electron chi connectivity index (χ2n) is 5.55. The molecule has 3 amide bonds. The molecule has 0 fully saturated rings. The van der Waals surface area contributed by atoms with Crippen molar-refractivity contribution in [2.24, 2.45) is 5.73 Å². The van der Waals surface area contributed by atoms with Gasteiger partial charge in [0.05, 0.1) is 10.8 Å². The van der Waals surface area contributed by atoms with Crippen LogP contribution < -0.4 is 11.1 Å². The minimum atomic E-state index is -0.880. The van der Waals surface area contributed by atoms with E-state index in [1.54, 1.807) is 6.92 Å². The Morgan fingerprint density at radius 1 is 1.32 bits per heavy atom.